The van der Waals surface area contributed by atoms with Gasteiger partial charge in [-0.1, -0.05) is 22.0 Å². The number of anilines is 1. The number of amides is 1. The van der Waals surface area contributed by atoms with Crippen molar-refractivity contribution in [2.45, 2.75) is 6.92 Å². The molecule has 0 atom stereocenters. The van der Waals surface area contributed by atoms with Crippen molar-refractivity contribution in [2.24, 2.45) is 0 Å². The molecule has 2 rings (SSSR count). The molecule has 118 valence electrons. The number of nitrogens with zero attached hydrogens (tertiary/aromatic N) is 1. The third-order valence-electron chi connectivity index (χ3n) is 3.08. The van der Waals surface area contributed by atoms with Crippen molar-refractivity contribution in [1.29, 1.82) is 0 Å². The van der Waals surface area contributed by atoms with Crippen molar-refractivity contribution in [2.75, 3.05) is 5.32 Å². The van der Waals surface area contributed by atoms with E-state index in [9.17, 15) is 14.9 Å². The Morgan fingerprint density at radius 3 is 2.48 bits per heavy atom. The maximum absolute atomic E-state index is 12.1. The third kappa shape index (κ3) is 4.33. The summed E-state index contributed by atoms with van der Waals surface area (Å²) in [5.74, 6) is -0.363. The number of nitro groups is 1. The Morgan fingerprint density at radius 1 is 1.22 bits per heavy atom. The summed E-state index contributed by atoms with van der Waals surface area (Å²) in [5.41, 5.74) is 1.35. The van der Waals surface area contributed by atoms with Gasteiger partial charge in [0.2, 0.25) is 0 Å². The highest BCUT2D eigenvalue weighted by atomic mass is 79.9. The van der Waals surface area contributed by atoms with Gasteiger partial charge in [0.05, 0.1) is 16.2 Å². The lowest BCUT2D eigenvalue weighted by molar-refractivity contribution is -0.385. The molecule has 1 amide bonds. The summed E-state index contributed by atoms with van der Waals surface area (Å²) in [5, 5.41) is 16.3. The molecule has 0 aliphatic carbocycles. The average molecular weight is 394 g/mol. The molecule has 6 nitrogen and oxygen atoms in total. The first-order valence-electron chi connectivity index (χ1n) is 6.50. The van der Waals surface area contributed by atoms with E-state index in [1.807, 2.05) is 0 Å². The molecule has 2 aromatic rings. The van der Waals surface area contributed by atoms with Gasteiger partial charge in [0.1, 0.15) is 0 Å². The number of hydrogen-bond donors (Lipinski definition) is 2. The van der Waals surface area contributed by atoms with E-state index in [1.54, 1.807) is 43.3 Å². The second-order valence-electron chi connectivity index (χ2n) is 4.62. The number of carbonyl (C=O) groups excluding carboxylic acids is 1. The van der Waals surface area contributed by atoms with Crippen LogP contribution in [0.4, 0.5) is 11.4 Å². The van der Waals surface area contributed by atoms with Crippen LogP contribution in [0.5, 0.6) is 0 Å². The highest BCUT2D eigenvalue weighted by Gasteiger charge is 2.14. The highest BCUT2D eigenvalue weighted by Crippen LogP contribution is 2.24. The molecule has 2 N–H and O–H groups in total. The third-order valence-corrected chi connectivity index (χ3v) is 3.82. The largest absolute Gasteiger partial charge is 0.332 e. The van der Waals surface area contributed by atoms with Crippen LogP contribution in [0.15, 0.2) is 46.9 Å². The predicted octanol–water partition coefficient (Wildman–Crippen LogP) is 3.79. The fraction of sp³-hybridized carbons (Fsp3) is 0.0667. The summed E-state index contributed by atoms with van der Waals surface area (Å²) < 4.78 is 0.863. The first-order valence-corrected chi connectivity index (χ1v) is 7.70. The summed E-state index contributed by atoms with van der Waals surface area (Å²) in [4.78, 5) is 22.5. The van der Waals surface area contributed by atoms with Crippen LogP contribution in [-0.2, 0) is 0 Å². The van der Waals surface area contributed by atoms with Crippen molar-refractivity contribution < 1.29 is 9.72 Å². The molecule has 23 heavy (non-hydrogen) atoms. The maximum Gasteiger partial charge on any atom is 0.274 e. The van der Waals surface area contributed by atoms with E-state index in [0.29, 0.717) is 16.8 Å². The molecule has 0 unspecified atom stereocenters. The number of halogens is 1. The molecular formula is C15H12BrN3O3S. The summed E-state index contributed by atoms with van der Waals surface area (Å²) in [6.45, 7) is 1.61. The number of thiocarbonyl (C=S) groups is 1. The number of nitrogens with one attached hydrogen (secondary N) is 2. The average Bonchev–Trinajstić information content (AvgIpc) is 2.49. The van der Waals surface area contributed by atoms with Gasteiger partial charge in [0.25, 0.3) is 11.6 Å². The second kappa shape index (κ2) is 7.30. The standard InChI is InChI=1S/C15H12BrN3O3S/c1-9-12(3-2-4-13(9)19(21)22)17-15(23)18-14(20)10-5-7-11(16)8-6-10/h2-8H,1H3,(H2,17,18,20,23). The van der Waals surface area contributed by atoms with Gasteiger partial charge >= 0.3 is 0 Å². The zero-order valence-corrected chi connectivity index (χ0v) is 14.4. The lowest BCUT2D eigenvalue weighted by Gasteiger charge is -2.11. The molecular weight excluding hydrogens is 382 g/mol. The molecule has 0 aliphatic rings. The SMILES string of the molecule is Cc1c(NC(=S)NC(=O)c2ccc(Br)cc2)cccc1[N+](=O)[O-]. The van der Waals surface area contributed by atoms with Crippen LogP contribution in [0.1, 0.15) is 15.9 Å². The van der Waals surface area contributed by atoms with Crippen LogP contribution < -0.4 is 10.6 Å². The summed E-state index contributed by atoms with van der Waals surface area (Å²) in [7, 11) is 0. The smallest absolute Gasteiger partial charge is 0.274 e. The van der Waals surface area contributed by atoms with E-state index >= 15 is 0 Å². The first-order chi connectivity index (χ1) is 10.9. The minimum atomic E-state index is -0.468. The number of carbonyl (C=O) groups is 1. The van der Waals surface area contributed by atoms with Gasteiger partial charge < -0.3 is 5.32 Å². The number of rotatable bonds is 3. The van der Waals surface area contributed by atoms with Crippen molar-refractivity contribution in [1.82, 2.24) is 5.32 Å². The lowest BCUT2D eigenvalue weighted by Crippen LogP contribution is -2.34. The van der Waals surface area contributed by atoms with Crippen molar-refractivity contribution in [3.8, 4) is 0 Å². The van der Waals surface area contributed by atoms with E-state index < -0.39 is 4.92 Å². The van der Waals surface area contributed by atoms with Gasteiger partial charge in [-0.15, -0.1) is 0 Å². The Morgan fingerprint density at radius 2 is 1.87 bits per heavy atom. The van der Waals surface area contributed by atoms with Gasteiger partial charge in [-0.25, -0.2) is 0 Å². The molecule has 0 aromatic heterocycles. The molecule has 0 fully saturated rings. The number of benzene rings is 2. The second-order valence-corrected chi connectivity index (χ2v) is 5.95. The van der Waals surface area contributed by atoms with E-state index in [2.05, 4.69) is 26.6 Å². The van der Waals surface area contributed by atoms with E-state index in [1.165, 1.54) is 6.07 Å². The normalized spacial score (nSPS) is 10.0. The molecule has 0 aliphatic heterocycles. The predicted molar refractivity (Wildman–Crippen MR) is 95.7 cm³/mol. The molecule has 0 heterocycles. The Bertz CT molecular complexity index is 778. The van der Waals surface area contributed by atoms with Crippen molar-refractivity contribution >= 4 is 50.5 Å². The van der Waals surface area contributed by atoms with Crippen LogP contribution >= 0.6 is 28.1 Å². The molecule has 0 spiro atoms. The van der Waals surface area contributed by atoms with Gasteiger partial charge in [-0.2, -0.15) is 0 Å². The maximum atomic E-state index is 12.1. The van der Waals surface area contributed by atoms with Gasteiger partial charge in [-0.3, -0.25) is 20.2 Å². The fourth-order valence-electron chi connectivity index (χ4n) is 1.89. The van der Waals surface area contributed by atoms with Crippen LogP contribution in [-0.4, -0.2) is 15.9 Å². The van der Waals surface area contributed by atoms with Crippen LogP contribution in [0, 0.1) is 17.0 Å². The zero-order chi connectivity index (χ0) is 17.0. The van der Waals surface area contributed by atoms with Gasteiger partial charge in [0.15, 0.2) is 5.11 Å². The molecule has 2 aromatic carbocycles. The Hall–Kier alpha value is -2.32. The quantitative estimate of drug-likeness (QED) is 0.470. The minimum absolute atomic E-state index is 0.0166. The van der Waals surface area contributed by atoms with Crippen LogP contribution in [0.25, 0.3) is 0 Å². The molecule has 0 saturated carbocycles. The minimum Gasteiger partial charge on any atom is -0.332 e. The zero-order valence-electron chi connectivity index (χ0n) is 12.0. The Balaban J connectivity index is 2.08. The van der Waals surface area contributed by atoms with E-state index in [-0.39, 0.29) is 16.7 Å². The molecule has 0 radical (unpaired) electrons. The molecule has 0 bridgehead atoms. The van der Waals surface area contributed by atoms with E-state index in [4.69, 9.17) is 12.2 Å². The molecule has 0 saturated heterocycles. The molecule has 8 heteroatoms. The van der Waals surface area contributed by atoms with Gasteiger partial charge in [-0.05, 0) is 49.5 Å². The monoisotopic (exact) mass is 393 g/mol. The van der Waals surface area contributed by atoms with Crippen molar-refractivity contribution in [3.05, 3.63) is 68.2 Å². The first kappa shape index (κ1) is 17.0. The summed E-state index contributed by atoms with van der Waals surface area (Å²) in [6, 6.07) is 11.4. The highest BCUT2D eigenvalue weighted by molar-refractivity contribution is 9.10. The summed E-state index contributed by atoms with van der Waals surface area (Å²) >= 11 is 8.38. The van der Waals surface area contributed by atoms with E-state index in [0.717, 1.165) is 4.47 Å². The summed E-state index contributed by atoms with van der Waals surface area (Å²) in [6.07, 6.45) is 0. The number of hydrogen-bond acceptors (Lipinski definition) is 4. The topological polar surface area (TPSA) is 84.3 Å². The van der Waals surface area contributed by atoms with Crippen LogP contribution in [0.2, 0.25) is 0 Å². The Labute approximate surface area is 146 Å². The van der Waals surface area contributed by atoms with Crippen LogP contribution in [0.3, 0.4) is 0 Å². The lowest BCUT2D eigenvalue weighted by atomic mass is 10.1. The number of nitro benzene ring substituents is 1. The van der Waals surface area contributed by atoms with Crippen molar-refractivity contribution in [3.63, 3.8) is 0 Å². The van der Waals surface area contributed by atoms with Gasteiger partial charge in [0, 0.05) is 16.1 Å². The fourth-order valence-corrected chi connectivity index (χ4v) is 2.35. The Kier molecular flexibility index (Phi) is 5.41.